The molecule has 0 spiro atoms. The average Bonchev–Trinajstić information content (AvgIpc) is 2.06. The molecule has 2 rings (SSSR count). The average molecular weight is 160 g/mol. The standard InChI is InChI=1S/C10H12N2/c1-9-5-3-4-6-10(9)12-8-7-11(12)2/h3-8H,1-2H3. The first kappa shape index (κ1) is 7.22. The molecule has 1 aromatic heterocycles. The normalized spacial score (nSPS) is 10.5. The van der Waals surface area contributed by atoms with Crippen molar-refractivity contribution in [3.8, 4) is 5.69 Å². The second-order valence-corrected chi connectivity index (χ2v) is 3.00. The fourth-order valence-corrected chi connectivity index (χ4v) is 1.34. The smallest absolute Gasteiger partial charge is 0.0655 e. The molecule has 0 radical (unpaired) electrons. The quantitative estimate of drug-likeness (QED) is 0.604. The SMILES string of the molecule is Cc1ccccc1-n1ccn1C. The molecule has 2 aromatic rings. The Labute approximate surface area is 72.0 Å². The van der Waals surface area contributed by atoms with Gasteiger partial charge in [-0.2, -0.15) is 0 Å². The molecule has 2 heteroatoms. The number of aromatic nitrogens is 2. The van der Waals surface area contributed by atoms with Gasteiger partial charge >= 0.3 is 0 Å². The summed E-state index contributed by atoms with van der Waals surface area (Å²) in [4.78, 5) is 0. The zero-order valence-electron chi connectivity index (χ0n) is 7.36. The highest BCUT2D eigenvalue weighted by molar-refractivity contribution is 5.39. The summed E-state index contributed by atoms with van der Waals surface area (Å²) in [7, 11) is 2.03. The van der Waals surface area contributed by atoms with Gasteiger partial charge in [-0.15, -0.1) is 0 Å². The second-order valence-electron chi connectivity index (χ2n) is 3.00. The predicted molar refractivity (Wildman–Crippen MR) is 49.5 cm³/mol. The Morgan fingerprint density at radius 3 is 2.33 bits per heavy atom. The fourth-order valence-electron chi connectivity index (χ4n) is 1.34. The van der Waals surface area contributed by atoms with Gasteiger partial charge in [0.2, 0.25) is 0 Å². The largest absolute Gasteiger partial charge is 0.290 e. The summed E-state index contributed by atoms with van der Waals surface area (Å²) in [5.41, 5.74) is 2.55. The lowest BCUT2D eigenvalue weighted by Gasteiger charge is -2.18. The van der Waals surface area contributed by atoms with Gasteiger partial charge in [0.05, 0.1) is 5.69 Å². The molecule has 0 aliphatic heterocycles. The van der Waals surface area contributed by atoms with Crippen LogP contribution in [0.25, 0.3) is 5.69 Å². The second kappa shape index (κ2) is 2.55. The van der Waals surface area contributed by atoms with Crippen LogP contribution >= 0.6 is 0 Å². The van der Waals surface area contributed by atoms with Gasteiger partial charge in [-0.05, 0) is 18.6 Å². The predicted octanol–water partition coefficient (Wildman–Crippen LogP) is 2.12. The maximum Gasteiger partial charge on any atom is 0.0655 e. The fraction of sp³-hybridized carbons (Fsp3) is 0.200. The summed E-state index contributed by atoms with van der Waals surface area (Å²) < 4.78 is 4.18. The Balaban J connectivity index is 2.51. The molecule has 2 nitrogen and oxygen atoms in total. The summed E-state index contributed by atoms with van der Waals surface area (Å²) in [5, 5.41) is 0. The van der Waals surface area contributed by atoms with Crippen LogP contribution in [0.15, 0.2) is 36.7 Å². The first-order chi connectivity index (χ1) is 5.79. The van der Waals surface area contributed by atoms with Gasteiger partial charge in [0, 0.05) is 19.4 Å². The molecule has 0 bridgehead atoms. The van der Waals surface area contributed by atoms with Crippen LogP contribution in [0.2, 0.25) is 0 Å². The zero-order chi connectivity index (χ0) is 8.55. The first-order valence-electron chi connectivity index (χ1n) is 4.05. The van der Waals surface area contributed by atoms with Crippen LogP contribution < -0.4 is 0 Å². The number of rotatable bonds is 1. The highest BCUT2D eigenvalue weighted by Crippen LogP contribution is 2.13. The maximum atomic E-state index is 2.12. The molecule has 0 N–H and O–H groups in total. The van der Waals surface area contributed by atoms with E-state index in [9.17, 15) is 0 Å². The van der Waals surface area contributed by atoms with Crippen LogP contribution in [0, 0.1) is 6.92 Å². The van der Waals surface area contributed by atoms with E-state index in [0.717, 1.165) is 0 Å². The Kier molecular flexibility index (Phi) is 1.54. The molecule has 0 saturated heterocycles. The Morgan fingerprint density at radius 2 is 1.83 bits per heavy atom. The minimum atomic E-state index is 1.25. The van der Waals surface area contributed by atoms with Crippen molar-refractivity contribution in [2.24, 2.45) is 7.05 Å². The van der Waals surface area contributed by atoms with E-state index in [2.05, 4.69) is 46.7 Å². The van der Waals surface area contributed by atoms with Crippen LogP contribution in [0.1, 0.15) is 5.56 Å². The topological polar surface area (TPSA) is 9.86 Å². The number of hydrogen-bond acceptors (Lipinski definition) is 0. The summed E-state index contributed by atoms with van der Waals surface area (Å²) in [6.45, 7) is 2.12. The third kappa shape index (κ3) is 0.961. The summed E-state index contributed by atoms with van der Waals surface area (Å²) >= 11 is 0. The van der Waals surface area contributed by atoms with E-state index in [1.54, 1.807) is 0 Å². The molecule has 0 unspecified atom stereocenters. The van der Waals surface area contributed by atoms with Gasteiger partial charge in [-0.3, -0.25) is 9.36 Å². The lowest BCUT2D eigenvalue weighted by molar-refractivity contribution is 0.584. The van der Waals surface area contributed by atoms with E-state index in [0.29, 0.717) is 0 Å². The number of nitrogens with zero attached hydrogens (tertiary/aromatic N) is 2. The Morgan fingerprint density at radius 1 is 1.08 bits per heavy atom. The van der Waals surface area contributed by atoms with Crippen molar-refractivity contribution in [3.63, 3.8) is 0 Å². The molecule has 1 heterocycles. The van der Waals surface area contributed by atoms with Crippen molar-refractivity contribution < 1.29 is 0 Å². The Hall–Kier alpha value is -1.44. The first-order valence-corrected chi connectivity index (χ1v) is 4.05. The van der Waals surface area contributed by atoms with Gasteiger partial charge in [0.1, 0.15) is 0 Å². The van der Waals surface area contributed by atoms with Crippen LogP contribution in [0.3, 0.4) is 0 Å². The number of para-hydroxylation sites is 1. The zero-order valence-corrected chi connectivity index (χ0v) is 7.36. The van der Waals surface area contributed by atoms with E-state index in [-0.39, 0.29) is 0 Å². The van der Waals surface area contributed by atoms with Gasteiger partial charge in [0.25, 0.3) is 0 Å². The van der Waals surface area contributed by atoms with Gasteiger partial charge in [-0.1, -0.05) is 18.2 Å². The van der Waals surface area contributed by atoms with Crippen molar-refractivity contribution in [1.29, 1.82) is 0 Å². The molecular weight excluding hydrogens is 148 g/mol. The molecule has 0 fully saturated rings. The highest BCUT2D eigenvalue weighted by Gasteiger charge is 2.01. The number of aryl methyl sites for hydroxylation is 2. The molecule has 0 aliphatic carbocycles. The third-order valence-electron chi connectivity index (χ3n) is 2.13. The minimum Gasteiger partial charge on any atom is -0.290 e. The van der Waals surface area contributed by atoms with E-state index in [1.165, 1.54) is 11.3 Å². The van der Waals surface area contributed by atoms with Gasteiger partial charge in [0.15, 0.2) is 0 Å². The molecule has 0 aliphatic rings. The Bertz CT molecular complexity index is 382. The molecule has 1 aromatic carbocycles. The van der Waals surface area contributed by atoms with E-state index in [1.807, 2.05) is 13.2 Å². The maximum absolute atomic E-state index is 2.12. The molecule has 12 heavy (non-hydrogen) atoms. The van der Waals surface area contributed by atoms with Crippen LogP contribution in [-0.4, -0.2) is 9.36 Å². The van der Waals surface area contributed by atoms with Crippen molar-refractivity contribution in [2.75, 3.05) is 0 Å². The van der Waals surface area contributed by atoms with E-state index < -0.39 is 0 Å². The highest BCUT2D eigenvalue weighted by atomic mass is 15.4. The molecule has 0 amide bonds. The monoisotopic (exact) mass is 160 g/mol. The van der Waals surface area contributed by atoms with Crippen molar-refractivity contribution in [1.82, 2.24) is 9.36 Å². The summed E-state index contributed by atoms with van der Waals surface area (Å²) in [5.74, 6) is 0. The van der Waals surface area contributed by atoms with Crippen molar-refractivity contribution >= 4 is 0 Å². The summed E-state index contributed by atoms with van der Waals surface area (Å²) in [6.07, 6.45) is 4.09. The van der Waals surface area contributed by atoms with Crippen molar-refractivity contribution in [3.05, 3.63) is 42.2 Å². The summed E-state index contributed by atoms with van der Waals surface area (Å²) in [6, 6.07) is 8.36. The molecule has 0 atom stereocenters. The van der Waals surface area contributed by atoms with E-state index >= 15 is 0 Å². The van der Waals surface area contributed by atoms with Crippen LogP contribution in [0.5, 0.6) is 0 Å². The molecular formula is C10H12N2. The minimum absolute atomic E-state index is 1.25. The van der Waals surface area contributed by atoms with Crippen LogP contribution in [-0.2, 0) is 7.05 Å². The van der Waals surface area contributed by atoms with Crippen LogP contribution in [0.4, 0.5) is 0 Å². The third-order valence-corrected chi connectivity index (χ3v) is 2.13. The lowest BCUT2D eigenvalue weighted by atomic mass is 10.2. The molecule has 0 saturated carbocycles. The number of benzene rings is 1. The van der Waals surface area contributed by atoms with Crippen molar-refractivity contribution in [2.45, 2.75) is 6.92 Å². The lowest BCUT2D eigenvalue weighted by Crippen LogP contribution is -2.15. The van der Waals surface area contributed by atoms with Gasteiger partial charge in [-0.25, -0.2) is 0 Å². The molecule has 62 valence electrons. The van der Waals surface area contributed by atoms with E-state index in [4.69, 9.17) is 0 Å². The number of hydrogen-bond donors (Lipinski definition) is 0. The van der Waals surface area contributed by atoms with Gasteiger partial charge < -0.3 is 0 Å².